The van der Waals surface area contributed by atoms with Crippen LogP contribution in [0.1, 0.15) is 29.2 Å². The molecule has 0 radical (unpaired) electrons. The summed E-state index contributed by atoms with van der Waals surface area (Å²) in [6.07, 6.45) is 1.80. The Morgan fingerprint density at radius 2 is 1.83 bits per heavy atom. The third-order valence-corrected chi connectivity index (χ3v) is 3.85. The Kier molecular flexibility index (Phi) is 5.73. The van der Waals surface area contributed by atoms with Gasteiger partial charge in [0.05, 0.1) is 0 Å². The molecule has 0 saturated heterocycles. The van der Waals surface area contributed by atoms with Crippen LogP contribution >= 0.6 is 0 Å². The summed E-state index contributed by atoms with van der Waals surface area (Å²) in [6.45, 7) is 0. The standard InChI is InChI=1S/C10H14N2.C8H8O3/c11-9-3-1-7-2-4-10(12)6-8(7)5-9;9-7(8(10)11)6-4-2-1-3-5-6/h1,3,5,10H,2,4,6,11-12H2;1-5,7,9H,(H,10,11)/t10-;7-/m11/s1. The molecule has 3 rings (SSSR count). The zero-order chi connectivity index (χ0) is 16.8. The largest absolute Gasteiger partial charge is 0.479 e. The highest BCUT2D eigenvalue weighted by Gasteiger charge is 2.15. The summed E-state index contributed by atoms with van der Waals surface area (Å²) in [7, 11) is 0. The van der Waals surface area contributed by atoms with Crippen molar-refractivity contribution in [3.63, 3.8) is 0 Å². The van der Waals surface area contributed by atoms with E-state index in [4.69, 9.17) is 21.7 Å². The number of rotatable bonds is 2. The lowest BCUT2D eigenvalue weighted by Crippen LogP contribution is -2.27. The van der Waals surface area contributed by atoms with Crippen LogP contribution in [0.2, 0.25) is 0 Å². The van der Waals surface area contributed by atoms with Crippen LogP contribution in [0.3, 0.4) is 0 Å². The first kappa shape index (κ1) is 17.0. The second-order valence-corrected chi connectivity index (χ2v) is 5.68. The molecule has 1 aliphatic rings. The first-order valence-electron chi connectivity index (χ1n) is 7.56. The van der Waals surface area contributed by atoms with E-state index in [2.05, 4.69) is 6.07 Å². The molecule has 0 heterocycles. The monoisotopic (exact) mass is 314 g/mol. The van der Waals surface area contributed by atoms with E-state index in [9.17, 15) is 4.79 Å². The third-order valence-electron chi connectivity index (χ3n) is 3.85. The minimum Gasteiger partial charge on any atom is -0.479 e. The zero-order valence-corrected chi connectivity index (χ0v) is 12.9. The van der Waals surface area contributed by atoms with Crippen molar-refractivity contribution < 1.29 is 15.0 Å². The average Bonchev–Trinajstić information content (AvgIpc) is 2.55. The highest BCUT2D eigenvalue weighted by atomic mass is 16.4. The molecule has 0 bridgehead atoms. The highest BCUT2D eigenvalue weighted by Crippen LogP contribution is 2.22. The van der Waals surface area contributed by atoms with E-state index < -0.39 is 12.1 Å². The quantitative estimate of drug-likeness (QED) is 0.633. The molecule has 0 fully saturated rings. The molecule has 5 nitrogen and oxygen atoms in total. The number of aryl methyl sites for hydroxylation is 1. The lowest BCUT2D eigenvalue weighted by atomic mass is 9.88. The van der Waals surface area contributed by atoms with Crippen LogP contribution in [-0.2, 0) is 17.6 Å². The number of fused-ring (bicyclic) bond motifs is 1. The molecule has 2 aromatic rings. The summed E-state index contributed by atoms with van der Waals surface area (Å²) < 4.78 is 0. The Morgan fingerprint density at radius 1 is 1.13 bits per heavy atom. The van der Waals surface area contributed by atoms with Gasteiger partial charge >= 0.3 is 5.97 Å². The summed E-state index contributed by atoms with van der Waals surface area (Å²) in [6, 6.07) is 14.7. The van der Waals surface area contributed by atoms with Gasteiger partial charge in [-0.1, -0.05) is 36.4 Å². The number of hydrogen-bond acceptors (Lipinski definition) is 4. The molecule has 122 valence electrons. The minimum atomic E-state index is -1.41. The molecule has 0 spiro atoms. The summed E-state index contributed by atoms with van der Waals surface area (Å²) in [5.74, 6) is -1.23. The molecule has 0 saturated carbocycles. The Hall–Kier alpha value is -2.37. The Balaban J connectivity index is 0.000000168. The SMILES string of the molecule is Nc1ccc2c(c1)C[C@H](N)CC2.O=C(O)[C@H](O)c1ccccc1. The molecule has 23 heavy (non-hydrogen) atoms. The molecule has 1 aliphatic carbocycles. The molecule has 6 N–H and O–H groups in total. The fraction of sp³-hybridized carbons (Fsp3) is 0.278. The minimum absolute atomic E-state index is 0.333. The van der Waals surface area contributed by atoms with Crippen molar-refractivity contribution in [1.29, 1.82) is 0 Å². The van der Waals surface area contributed by atoms with E-state index in [0.717, 1.165) is 24.9 Å². The van der Waals surface area contributed by atoms with Gasteiger partial charge in [0.1, 0.15) is 0 Å². The molecule has 0 unspecified atom stereocenters. The Morgan fingerprint density at radius 3 is 2.48 bits per heavy atom. The van der Waals surface area contributed by atoms with Crippen molar-refractivity contribution >= 4 is 11.7 Å². The first-order chi connectivity index (χ1) is 11.0. The Bertz CT molecular complexity index is 659. The predicted octanol–water partition coefficient (Wildman–Crippen LogP) is 1.89. The number of aliphatic hydroxyl groups is 1. The first-order valence-corrected chi connectivity index (χ1v) is 7.56. The van der Waals surface area contributed by atoms with E-state index in [-0.39, 0.29) is 0 Å². The van der Waals surface area contributed by atoms with Crippen molar-refractivity contribution in [3.8, 4) is 0 Å². The number of hydrogen-bond donors (Lipinski definition) is 4. The summed E-state index contributed by atoms with van der Waals surface area (Å²) in [5, 5.41) is 17.4. The Labute approximate surface area is 135 Å². The van der Waals surface area contributed by atoms with Crippen LogP contribution in [0, 0.1) is 0 Å². The molecule has 5 heteroatoms. The topological polar surface area (TPSA) is 110 Å². The smallest absolute Gasteiger partial charge is 0.337 e. The maximum absolute atomic E-state index is 10.2. The number of aliphatic carboxylic acids is 1. The zero-order valence-electron chi connectivity index (χ0n) is 12.9. The van der Waals surface area contributed by atoms with Gasteiger partial charge in [0, 0.05) is 11.7 Å². The van der Waals surface area contributed by atoms with Gasteiger partial charge < -0.3 is 21.7 Å². The lowest BCUT2D eigenvalue weighted by molar-refractivity contribution is -0.146. The number of nitrogens with two attached hydrogens (primary N) is 2. The number of carbonyl (C=O) groups is 1. The van der Waals surface area contributed by atoms with Gasteiger partial charge in [0.2, 0.25) is 0 Å². The number of carboxylic acids is 1. The highest BCUT2D eigenvalue weighted by molar-refractivity contribution is 5.73. The number of anilines is 1. The second kappa shape index (κ2) is 7.76. The summed E-state index contributed by atoms with van der Waals surface area (Å²) in [4.78, 5) is 10.2. The molecule has 0 amide bonds. The van der Waals surface area contributed by atoms with Crippen LogP contribution in [0.5, 0.6) is 0 Å². The van der Waals surface area contributed by atoms with Crippen molar-refractivity contribution in [1.82, 2.24) is 0 Å². The van der Waals surface area contributed by atoms with E-state index >= 15 is 0 Å². The van der Waals surface area contributed by atoms with Gasteiger partial charge in [-0.25, -0.2) is 4.79 Å². The van der Waals surface area contributed by atoms with Gasteiger partial charge in [-0.05, 0) is 48.1 Å². The molecule has 0 aliphatic heterocycles. The lowest BCUT2D eigenvalue weighted by Gasteiger charge is -2.21. The number of carboxylic acid groups (broad SMARTS) is 1. The maximum atomic E-state index is 10.2. The van der Waals surface area contributed by atoms with Crippen molar-refractivity contribution in [3.05, 3.63) is 65.2 Å². The molecule has 2 atom stereocenters. The molecular weight excluding hydrogens is 292 g/mol. The van der Waals surface area contributed by atoms with Crippen LogP contribution < -0.4 is 11.5 Å². The fourth-order valence-electron chi connectivity index (χ4n) is 2.58. The van der Waals surface area contributed by atoms with Crippen molar-refractivity contribution in [2.75, 3.05) is 5.73 Å². The normalized spacial score (nSPS) is 17.4. The summed E-state index contributed by atoms with van der Waals surface area (Å²) >= 11 is 0. The predicted molar refractivity (Wildman–Crippen MR) is 89.9 cm³/mol. The third kappa shape index (κ3) is 4.81. The molecule has 2 aromatic carbocycles. The van der Waals surface area contributed by atoms with Crippen molar-refractivity contribution in [2.45, 2.75) is 31.4 Å². The van der Waals surface area contributed by atoms with E-state index in [0.29, 0.717) is 11.6 Å². The molecule has 0 aromatic heterocycles. The van der Waals surface area contributed by atoms with Crippen LogP contribution in [0.4, 0.5) is 5.69 Å². The van der Waals surface area contributed by atoms with Crippen LogP contribution in [0.25, 0.3) is 0 Å². The van der Waals surface area contributed by atoms with E-state index in [1.807, 2.05) is 12.1 Å². The fourth-order valence-corrected chi connectivity index (χ4v) is 2.58. The van der Waals surface area contributed by atoms with Gasteiger partial charge in [-0.15, -0.1) is 0 Å². The van der Waals surface area contributed by atoms with Gasteiger partial charge in [0.25, 0.3) is 0 Å². The van der Waals surface area contributed by atoms with E-state index in [1.165, 1.54) is 11.1 Å². The van der Waals surface area contributed by atoms with Crippen molar-refractivity contribution in [2.24, 2.45) is 5.73 Å². The number of benzene rings is 2. The van der Waals surface area contributed by atoms with Gasteiger partial charge in [-0.3, -0.25) is 0 Å². The second-order valence-electron chi connectivity index (χ2n) is 5.68. The van der Waals surface area contributed by atoms with Gasteiger partial charge in [0.15, 0.2) is 6.10 Å². The average molecular weight is 314 g/mol. The van der Waals surface area contributed by atoms with E-state index in [1.54, 1.807) is 30.3 Å². The summed E-state index contributed by atoms with van der Waals surface area (Å²) in [5.41, 5.74) is 15.6. The maximum Gasteiger partial charge on any atom is 0.337 e. The number of aliphatic hydroxyl groups excluding tert-OH is 1. The van der Waals surface area contributed by atoms with Crippen LogP contribution in [-0.4, -0.2) is 22.2 Å². The van der Waals surface area contributed by atoms with Crippen LogP contribution in [0.15, 0.2) is 48.5 Å². The molecular formula is C18H22N2O3. The van der Waals surface area contributed by atoms with Gasteiger partial charge in [-0.2, -0.15) is 0 Å². The number of nitrogen functional groups attached to an aromatic ring is 1.